The maximum Gasteiger partial charge on any atom is 0.136 e. The Balaban J connectivity index is 1.85. The molecule has 0 fully saturated rings. The fraction of sp³-hybridized carbons (Fsp3) is 0.0476. The van der Waals surface area contributed by atoms with Crippen LogP contribution in [0, 0.1) is 6.92 Å². The second-order valence-electron chi connectivity index (χ2n) is 5.93. The minimum absolute atomic E-state index is 0.887. The molecule has 0 bridgehead atoms. The highest BCUT2D eigenvalue weighted by Crippen LogP contribution is 2.37. The summed E-state index contributed by atoms with van der Waals surface area (Å²) >= 11 is 0. The predicted molar refractivity (Wildman–Crippen MR) is 93.7 cm³/mol. The molecule has 110 valence electrons. The summed E-state index contributed by atoms with van der Waals surface area (Å²) in [7, 11) is 0. The van der Waals surface area contributed by atoms with Gasteiger partial charge in [-0.25, -0.2) is 0 Å². The van der Waals surface area contributed by atoms with Crippen molar-refractivity contribution in [2.75, 3.05) is 0 Å². The largest absolute Gasteiger partial charge is 0.456 e. The lowest BCUT2D eigenvalue weighted by Gasteiger charge is -1.96. The van der Waals surface area contributed by atoms with Crippen molar-refractivity contribution in [2.45, 2.75) is 6.92 Å². The fourth-order valence-electron chi connectivity index (χ4n) is 3.20. The third-order valence-corrected chi connectivity index (χ3v) is 4.38. The Labute approximate surface area is 132 Å². The van der Waals surface area contributed by atoms with Crippen LogP contribution in [0.1, 0.15) is 5.56 Å². The van der Waals surface area contributed by atoms with Gasteiger partial charge in [0.15, 0.2) is 0 Å². The molecule has 3 aromatic carbocycles. The van der Waals surface area contributed by atoms with Crippen molar-refractivity contribution in [3.05, 3.63) is 72.3 Å². The van der Waals surface area contributed by atoms with Crippen LogP contribution in [0.5, 0.6) is 0 Å². The number of rotatable bonds is 1. The monoisotopic (exact) mass is 298 g/mol. The molecule has 0 saturated carbocycles. The lowest BCUT2D eigenvalue weighted by Crippen LogP contribution is -1.74. The molecule has 2 heterocycles. The van der Waals surface area contributed by atoms with E-state index in [9.17, 15) is 0 Å². The number of fused-ring (bicyclic) bond motifs is 5. The Morgan fingerprint density at radius 1 is 0.652 bits per heavy atom. The molecule has 23 heavy (non-hydrogen) atoms. The summed E-state index contributed by atoms with van der Waals surface area (Å²) in [6, 6.07) is 22.6. The van der Waals surface area contributed by atoms with Gasteiger partial charge >= 0.3 is 0 Å². The number of benzene rings is 3. The second kappa shape index (κ2) is 4.50. The van der Waals surface area contributed by atoms with Crippen LogP contribution >= 0.6 is 0 Å². The second-order valence-corrected chi connectivity index (χ2v) is 5.93. The van der Waals surface area contributed by atoms with Crippen LogP contribution in [0.4, 0.5) is 0 Å². The molecule has 0 unspecified atom stereocenters. The van der Waals surface area contributed by atoms with Crippen molar-refractivity contribution in [3.8, 4) is 11.3 Å². The van der Waals surface area contributed by atoms with Crippen LogP contribution < -0.4 is 0 Å². The first-order valence-electron chi connectivity index (χ1n) is 7.70. The van der Waals surface area contributed by atoms with Gasteiger partial charge in [-0.1, -0.05) is 48.0 Å². The first-order valence-corrected chi connectivity index (χ1v) is 7.70. The minimum atomic E-state index is 0.887. The number of furan rings is 2. The van der Waals surface area contributed by atoms with Gasteiger partial charge in [0.25, 0.3) is 0 Å². The van der Waals surface area contributed by atoms with Gasteiger partial charge in [-0.3, -0.25) is 0 Å². The molecule has 0 amide bonds. The Kier molecular flexibility index (Phi) is 2.45. The van der Waals surface area contributed by atoms with E-state index >= 15 is 0 Å². The van der Waals surface area contributed by atoms with Gasteiger partial charge in [0.05, 0.1) is 0 Å². The molecule has 2 heteroatoms. The van der Waals surface area contributed by atoms with Crippen LogP contribution in [0.25, 0.3) is 44.2 Å². The Bertz CT molecular complexity index is 1160. The lowest BCUT2D eigenvalue weighted by molar-refractivity contribution is 0.631. The first-order chi connectivity index (χ1) is 11.3. The van der Waals surface area contributed by atoms with Gasteiger partial charge in [-0.2, -0.15) is 0 Å². The van der Waals surface area contributed by atoms with Crippen LogP contribution in [0.15, 0.2) is 75.6 Å². The van der Waals surface area contributed by atoms with E-state index in [0.29, 0.717) is 0 Å². The van der Waals surface area contributed by atoms with E-state index in [0.717, 1.165) is 44.2 Å². The summed E-state index contributed by atoms with van der Waals surface area (Å²) in [5.74, 6) is 0.887. The number of hydrogen-bond acceptors (Lipinski definition) is 2. The van der Waals surface area contributed by atoms with Gasteiger partial charge in [-0.05, 0) is 31.2 Å². The van der Waals surface area contributed by atoms with Crippen molar-refractivity contribution < 1.29 is 8.83 Å². The molecule has 2 aromatic heterocycles. The summed E-state index contributed by atoms with van der Waals surface area (Å²) in [4.78, 5) is 0. The molecule has 0 spiro atoms. The average Bonchev–Trinajstić information content (AvgIpc) is 3.16. The highest BCUT2D eigenvalue weighted by atomic mass is 16.3. The van der Waals surface area contributed by atoms with Crippen molar-refractivity contribution in [2.24, 2.45) is 0 Å². The number of para-hydroxylation sites is 1. The van der Waals surface area contributed by atoms with E-state index in [4.69, 9.17) is 8.83 Å². The molecule has 0 aliphatic carbocycles. The van der Waals surface area contributed by atoms with Crippen molar-refractivity contribution in [1.82, 2.24) is 0 Å². The summed E-state index contributed by atoms with van der Waals surface area (Å²) in [6.45, 7) is 2.09. The third kappa shape index (κ3) is 1.82. The fourth-order valence-corrected chi connectivity index (χ4v) is 3.20. The molecule has 0 aliphatic heterocycles. The summed E-state index contributed by atoms with van der Waals surface area (Å²) in [5.41, 5.74) is 5.03. The lowest BCUT2D eigenvalue weighted by atomic mass is 10.1. The van der Waals surface area contributed by atoms with Gasteiger partial charge in [-0.15, -0.1) is 0 Å². The van der Waals surface area contributed by atoms with E-state index in [1.165, 1.54) is 5.56 Å². The molecule has 0 aliphatic rings. The molecule has 0 radical (unpaired) electrons. The summed E-state index contributed by atoms with van der Waals surface area (Å²) in [6.07, 6.45) is 0. The smallest absolute Gasteiger partial charge is 0.136 e. The number of hydrogen-bond donors (Lipinski definition) is 0. The SMILES string of the molecule is Cc1ccc(-c2cc3c(ccc4oc5ccccc5c43)o2)cc1. The molecule has 2 nitrogen and oxygen atoms in total. The summed E-state index contributed by atoms with van der Waals surface area (Å²) in [5, 5.41) is 3.35. The topological polar surface area (TPSA) is 26.3 Å². The van der Waals surface area contributed by atoms with E-state index in [1.807, 2.05) is 30.3 Å². The Morgan fingerprint density at radius 3 is 2.26 bits per heavy atom. The zero-order valence-corrected chi connectivity index (χ0v) is 12.7. The maximum atomic E-state index is 6.08. The van der Waals surface area contributed by atoms with Gasteiger partial charge in [0, 0.05) is 21.7 Å². The highest BCUT2D eigenvalue weighted by Gasteiger charge is 2.14. The zero-order valence-electron chi connectivity index (χ0n) is 12.7. The quantitative estimate of drug-likeness (QED) is 0.362. The Hall–Kier alpha value is -3.00. The molecule has 0 atom stereocenters. The maximum absolute atomic E-state index is 6.08. The van der Waals surface area contributed by atoms with Crippen molar-refractivity contribution >= 4 is 32.9 Å². The number of aryl methyl sites for hydroxylation is 1. The first kappa shape index (κ1) is 12.5. The average molecular weight is 298 g/mol. The van der Waals surface area contributed by atoms with Crippen molar-refractivity contribution in [3.63, 3.8) is 0 Å². The molecular weight excluding hydrogens is 284 g/mol. The van der Waals surface area contributed by atoms with Crippen LogP contribution in [0.2, 0.25) is 0 Å². The van der Waals surface area contributed by atoms with Gasteiger partial charge in [0.2, 0.25) is 0 Å². The van der Waals surface area contributed by atoms with E-state index in [-0.39, 0.29) is 0 Å². The molecule has 0 N–H and O–H groups in total. The van der Waals surface area contributed by atoms with Crippen molar-refractivity contribution in [1.29, 1.82) is 0 Å². The van der Waals surface area contributed by atoms with E-state index in [2.05, 4.69) is 43.3 Å². The van der Waals surface area contributed by atoms with Crippen LogP contribution in [-0.2, 0) is 0 Å². The molecule has 5 rings (SSSR count). The normalized spacial score (nSPS) is 11.7. The molecule has 0 saturated heterocycles. The molecular formula is C21H14O2. The summed E-state index contributed by atoms with van der Waals surface area (Å²) < 4.78 is 12.0. The van der Waals surface area contributed by atoms with Crippen LogP contribution in [0.3, 0.4) is 0 Å². The zero-order chi connectivity index (χ0) is 15.4. The van der Waals surface area contributed by atoms with Crippen LogP contribution in [-0.4, -0.2) is 0 Å². The highest BCUT2D eigenvalue weighted by molar-refractivity contribution is 6.18. The predicted octanol–water partition coefficient (Wildman–Crippen LogP) is 6.31. The van der Waals surface area contributed by atoms with Gasteiger partial charge < -0.3 is 8.83 Å². The van der Waals surface area contributed by atoms with Gasteiger partial charge in [0.1, 0.15) is 22.5 Å². The van der Waals surface area contributed by atoms with E-state index < -0.39 is 0 Å². The standard InChI is InChI=1S/C21H14O2/c1-13-6-8-14(9-7-13)20-12-16-18(23-20)10-11-19-21(16)15-4-2-3-5-17(15)22-19/h2-12H,1H3. The third-order valence-electron chi connectivity index (χ3n) is 4.38. The van der Waals surface area contributed by atoms with E-state index in [1.54, 1.807) is 0 Å². The minimum Gasteiger partial charge on any atom is -0.456 e. The Morgan fingerprint density at radius 2 is 1.39 bits per heavy atom. The molecule has 5 aromatic rings.